The highest BCUT2D eigenvalue weighted by atomic mass is 35.5. The molecule has 0 bridgehead atoms. The summed E-state index contributed by atoms with van der Waals surface area (Å²) in [6.45, 7) is 6.33. The Morgan fingerprint density at radius 3 is 2.24 bits per heavy atom. The Morgan fingerprint density at radius 2 is 1.67 bits per heavy atom. The van der Waals surface area contributed by atoms with E-state index < -0.39 is 6.04 Å². The van der Waals surface area contributed by atoms with E-state index in [1.54, 1.807) is 0 Å². The number of nitrogens with one attached hydrogen (secondary N) is 1. The maximum absolute atomic E-state index is 13.5. The molecule has 2 saturated heterocycles. The Hall–Kier alpha value is -2.18. The highest BCUT2D eigenvalue weighted by Crippen LogP contribution is 2.37. The van der Waals surface area contributed by atoms with Gasteiger partial charge in [-0.05, 0) is 62.7 Å². The molecule has 2 fully saturated rings. The molecule has 2 heterocycles. The summed E-state index contributed by atoms with van der Waals surface area (Å²) in [5.41, 5.74) is 0.993. The number of hydrogen-bond acceptors (Lipinski definition) is 4. The van der Waals surface area contributed by atoms with Crippen LogP contribution in [0.5, 0.6) is 0 Å². The summed E-state index contributed by atoms with van der Waals surface area (Å²) >= 11 is 6.51. The molecule has 1 aliphatic carbocycles. The summed E-state index contributed by atoms with van der Waals surface area (Å²) in [6.07, 6.45) is 7.79. The molecular formula is C26H34ClN3O3. The molecule has 6 nitrogen and oxygen atoms in total. The lowest BCUT2D eigenvalue weighted by Gasteiger charge is -2.31. The summed E-state index contributed by atoms with van der Waals surface area (Å²) < 4.78 is 0. The van der Waals surface area contributed by atoms with Gasteiger partial charge >= 0.3 is 0 Å². The molecule has 4 unspecified atom stereocenters. The third-order valence-electron chi connectivity index (χ3n) is 7.17. The summed E-state index contributed by atoms with van der Waals surface area (Å²) in [4.78, 5) is 43.4. The van der Waals surface area contributed by atoms with Gasteiger partial charge in [0, 0.05) is 11.6 Å². The molecule has 0 spiro atoms. The molecule has 1 aromatic carbocycles. The molecule has 3 amide bonds. The van der Waals surface area contributed by atoms with Crippen LogP contribution in [0, 0.1) is 17.8 Å². The van der Waals surface area contributed by atoms with Gasteiger partial charge in [-0.15, -0.1) is 0 Å². The second kappa shape index (κ2) is 10.4. The van der Waals surface area contributed by atoms with E-state index in [2.05, 4.69) is 10.2 Å². The zero-order valence-electron chi connectivity index (χ0n) is 19.5. The summed E-state index contributed by atoms with van der Waals surface area (Å²) in [6, 6.07) is 6.94. The van der Waals surface area contributed by atoms with E-state index in [0.29, 0.717) is 30.8 Å². The average molecular weight is 472 g/mol. The van der Waals surface area contributed by atoms with E-state index in [0.717, 1.165) is 31.5 Å². The fourth-order valence-electron chi connectivity index (χ4n) is 5.46. The summed E-state index contributed by atoms with van der Waals surface area (Å²) in [5, 5.41) is 3.77. The molecule has 0 aromatic heterocycles. The third kappa shape index (κ3) is 5.02. The van der Waals surface area contributed by atoms with Crippen molar-refractivity contribution in [1.82, 2.24) is 15.1 Å². The number of rotatable bonds is 8. The van der Waals surface area contributed by atoms with Crippen LogP contribution in [-0.4, -0.2) is 53.2 Å². The number of allylic oxidation sites excluding steroid dienone is 2. The second-order valence-electron chi connectivity index (χ2n) is 9.87. The maximum atomic E-state index is 13.5. The van der Waals surface area contributed by atoms with Crippen LogP contribution < -0.4 is 5.32 Å². The highest BCUT2D eigenvalue weighted by molar-refractivity contribution is 6.31. The smallest absolute Gasteiger partial charge is 0.243 e. The lowest BCUT2D eigenvalue weighted by molar-refractivity contribution is -0.148. The van der Waals surface area contributed by atoms with Crippen molar-refractivity contribution >= 4 is 29.3 Å². The molecule has 4 rings (SSSR count). The molecule has 4 atom stereocenters. The van der Waals surface area contributed by atoms with E-state index in [-0.39, 0.29) is 41.5 Å². The first-order valence-corrected chi connectivity index (χ1v) is 12.5. The largest absolute Gasteiger partial charge is 0.352 e. The quantitative estimate of drug-likeness (QED) is 0.460. The fraction of sp³-hybridized carbons (Fsp3) is 0.577. The number of carbonyl (C=O) groups excluding carboxylic acids is 3. The molecular weight excluding hydrogens is 438 g/mol. The normalized spacial score (nSPS) is 24.9. The number of fused-ring (bicyclic) bond motifs is 1. The molecule has 1 aromatic rings. The van der Waals surface area contributed by atoms with E-state index in [9.17, 15) is 14.4 Å². The number of benzene rings is 1. The molecule has 1 N–H and O–H groups in total. The zero-order valence-corrected chi connectivity index (χ0v) is 20.3. The van der Waals surface area contributed by atoms with Crippen LogP contribution in [-0.2, 0) is 14.4 Å². The van der Waals surface area contributed by atoms with Gasteiger partial charge in [-0.2, -0.15) is 0 Å². The van der Waals surface area contributed by atoms with Gasteiger partial charge in [0.05, 0.1) is 17.9 Å². The van der Waals surface area contributed by atoms with Gasteiger partial charge in [0.15, 0.2) is 0 Å². The van der Waals surface area contributed by atoms with Crippen molar-refractivity contribution in [3.8, 4) is 0 Å². The molecule has 0 saturated carbocycles. The SMILES string of the molecule is CC(C)CC(C(=O)NCC(c1ccccc1Cl)N1CCCC1)N1C(=O)C2CC=CCC2C1=O. The van der Waals surface area contributed by atoms with Crippen molar-refractivity contribution in [2.75, 3.05) is 19.6 Å². The van der Waals surface area contributed by atoms with Crippen LogP contribution in [0.15, 0.2) is 36.4 Å². The first-order chi connectivity index (χ1) is 15.9. The number of carbonyl (C=O) groups is 3. The number of amides is 3. The topological polar surface area (TPSA) is 69.7 Å². The fourth-order valence-corrected chi connectivity index (χ4v) is 5.72. The molecule has 33 heavy (non-hydrogen) atoms. The van der Waals surface area contributed by atoms with Crippen LogP contribution in [0.2, 0.25) is 5.02 Å². The lowest BCUT2D eigenvalue weighted by atomic mass is 9.85. The Bertz CT molecular complexity index is 899. The average Bonchev–Trinajstić information content (AvgIpc) is 3.41. The van der Waals surface area contributed by atoms with Gasteiger partial charge in [0.1, 0.15) is 6.04 Å². The van der Waals surface area contributed by atoms with Gasteiger partial charge in [-0.25, -0.2) is 0 Å². The minimum Gasteiger partial charge on any atom is -0.352 e. The van der Waals surface area contributed by atoms with E-state index in [1.807, 2.05) is 50.3 Å². The first kappa shape index (κ1) is 24.0. The number of hydrogen-bond donors (Lipinski definition) is 1. The Balaban J connectivity index is 1.52. The van der Waals surface area contributed by atoms with Crippen molar-refractivity contribution in [2.24, 2.45) is 17.8 Å². The lowest BCUT2D eigenvalue weighted by Crippen LogP contribution is -2.51. The molecule has 2 aliphatic heterocycles. The molecule has 178 valence electrons. The van der Waals surface area contributed by atoms with Crippen molar-refractivity contribution < 1.29 is 14.4 Å². The minimum atomic E-state index is -0.777. The van der Waals surface area contributed by atoms with Gasteiger partial charge in [0.2, 0.25) is 17.7 Å². The van der Waals surface area contributed by atoms with Crippen LogP contribution in [0.25, 0.3) is 0 Å². The minimum absolute atomic E-state index is 0.0402. The Morgan fingerprint density at radius 1 is 1.06 bits per heavy atom. The number of nitrogens with zero attached hydrogens (tertiary/aromatic N) is 2. The summed E-state index contributed by atoms with van der Waals surface area (Å²) in [5.74, 6) is -1.14. The van der Waals surface area contributed by atoms with Crippen molar-refractivity contribution in [2.45, 2.75) is 58.0 Å². The number of imide groups is 1. The Labute approximate surface area is 201 Å². The molecule has 7 heteroatoms. The molecule has 0 radical (unpaired) electrons. The highest BCUT2D eigenvalue weighted by Gasteiger charge is 2.51. The zero-order chi connectivity index (χ0) is 23.5. The van der Waals surface area contributed by atoms with Crippen LogP contribution in [0.4, 0.5) is 0 Å². The number of likely N-dealkylation sites (tertiary alicyclic amines) is 2. The number of halogens is 1. The van der Waals surface area contributed by atoms with E-state index in [4.69, 9.17) is 11.6 Å². The maximum Gasteiger partial charge on any atom is 0.243 e. The third-order valence-corrected chi connectivity index (χ3v) is 7.51. The predicted octanol–water partition coefficient (Wildman–Crippen LogP) is 3.96. The summed E-state index contributed by atoms with van der Waals surface area (Å²) in [7, 11) is 0. The van der Waals surface area contributed by atoms with Crippen LogP contribution in [0.1, 0.15) is 57.6 Å². The van der Waals surface area contributed by atoms with Crippen LogP contribution >= 0.6 is 11.6 Å². The molecule has 3 aliphatic rings. The first-order valence-electron chi connectivity index (χ1n) is 12.2. The predicted molar refractivity (Wildman–Crippen MR) is 128 cm³/mol. The standard InChI is InChI=1S/C26H34ClN3O3/c1-17(2)15-22(30-25(32)18-9-3-4-10-19(18)26(30)33)24(31)28-16-23(29-13-7-8-14-29)20-11-5-6-12-21(20)27/h3-6,11-12,17-19,22-23H,7-10,13-16H2,1-2H3,(H,28,31). The van der Waals surface area contributed by atoms with Crippen molar-refractivity contribution in [3.63, 3.8) is 0 Å². The monoisotopic (exact) mass is 471 g/mol. The van der Waals surface area contributed by atoms with Gasteiger partial charge in [-0.1, -0.05) is 55.8 Å². The second-order valence-corrected chi connectivity index (χ2v) is 10.3. The van der Waals surface area contributed by atoms with Gasteiger partial charge in [-0.3, -0.25) is 24.2 Å². The van der Waals surface area contributed by atoms with Gasteiger partial charge < -0.3 is 5.32 Å². The van der Waals surface area contributed by atoms with Gasteiger partial charge in [0.25, 0.3) is 0 Å². The van der Waals surface area contributed by atoms with Crippen molar-refractivity contribution in [3.05, 3.63) is 47.0 Å². The van der Waals surface area contributed by atoms with Crippen LogP contribution in [0.3, 0.4) is 0 Å². The Kier molecular flexibility index (Phi) is 7.55. The van der Waals surface area contributed by atoms with E-state index in [1.165, 1.54) is 4.90 Å². The van der Waals surface area contributed by atoms with E-state index >= 15 is 0 Å². The van der Waals surface area contributed by atoms with Crippen molar-refractivity contribution in [1.29, 1.82) is 0 Å².